The number of aliphatic hydroxyl groups is 1. The van der Waals surface area contributed by atoms with Gasteiger partial charge in [0.25, 0.3) is 0 Å². The molecule has 0 aromatic heterocycles. The quantitative estimate of drug-likeness (QED) is 0.710. The molecule has 2 aromatic carbocycles. The highest BCUT2D eigenvalue weighted by Crippen LogP contribution is 2.17. The number of ether oxygens (including phenoxy) is 1. The maximum Gasteiger partial charge on any atom is 0.336 e. The molecule has 0 aliphatic rings. The Balaban J connectivity index is 2.04. The summed E-state index contributed by atoms with van der Waals surface area (Å²) in [5, 5.41) is 22.1. The van der Waals surface area contributed by atoms with E-state index in [4.69, 9.17) is 9.84 Å². The van der Waals surface area contributed by atoms with E-state index >= 15 is 0 Å². The first kappa shape index (κ1) is 15.0. The van der Waals surface area contributed by atoms with Gasteiger partial charge in [-0.3, -0.25) is 5.32 Å². The van der Waals surface area contributed by atoms with Crippen LogP contribution in [0.15, 0.2) is 48.5 Å². The fourth-order valence-corrected chi connectivity index (χ4v) is 2.00. The highest BCUT2D eigenvalue weighted by molar-refractivity contribution is 5.89. The van der Waals surface area contributed by atoms with Crippen LogP contribution in [0.4, 0.5) is 0 Å². The Hall–Kier alpha value is -2.37. The molecule has 2 rings (SSSR count). The topological polar surface area (TPSA) is 78.8 Å². The Morgan fingerprint density at radius 3 is 2.48 bits per heavy atom. The van der Waals surface area contributed by atoms with Crippen LogP contribution in [0.5, 0.6) is 5.75 Å². The van der Waals surface area contributed by atoms with E-state index in [-0.39, 0.29) is 5.56 Å². The van der Waals surface area contributed by atoms with Crippen molar-refractivity contribution in [1.82, 2.24) is 5.32 Å². The smallest absolute Gasteiger partial charge is 0.336 e. The van der Waals surface area contributed by atoms with Gasteiger partial charge in [-0.25, -0.2) is 4.79 Å². The van der Waals surface area contributed by atoms with E-state index in [1.54, 1.807) is 25.3 Å². The summed E-state index contributed by atoms with van der Waals surface area (Å²) in [6.45, 7) is 0.416. The molecule has 1 unspecified atom stereocenters. The van der Waals surface area contributed by atoms with Gasteiger partial charge in [0.1, 0.15) is 12.0 Å². The van der Waals surface area contributed by atoms with Crippen LogP contribution in [0.25, 0.3) is 0 Å². The zero-order valence-corrected chi connectivity index (χ0v) is 11.6. The van der Waals surface area contributed by atoms with Crippen LogP contribution in [-0.2, 0) is 6.54 Å². The van der Waals surface area contributed by atoms with E-state index < -0.39 is 12.2 Å². The second kappa shape index (κ2) is 6.88. The predicted octanol–water partition coefficient (Wildman–Crippen LogP) is 2.17. The number of methoxy groups -OCH3 is 1. The number of aromatic carboxylic acids is 1. The lowest BCUT2D eigenvalue weighted by atomic mass is 10.1. The summed E-state index contributed by atoms with van der Waals surface area (Å²) in [6.07, 6.45) is -1.04. The minimum Gasteiger partial charge on any atom is -0.497 e. The number of hydrogen-bond acceptors (Lipinski definition) is 4. The van der Waals surface area contributed by atoms with Gasteiger partial charge in [-0.2, -0.15) is 0 Å². The Labute approximate surface area is 122 Å². The van der Waals surface area contributed by atoms with Crippen LogP contribution in [0.1, 0.15) is 27.7 Å². The molecule has 0 amide bonds. The van der Waals surface area contributed by atoms with Crippen LogP contribution in [0.2, 0.25) is 0 Å². The van der Waals surface area contributed by atoms with Crippen molar-refractivity contribution in [2.45, 2.75) is 12.8 Å². The molecule has 1 atom stereocenters. The van der Waals surface area contributed by atoms with Crippen LogP contribution >= 0.6 is 0 Å². The molecule has 0 heterocycles. The van der Waals surface area contributed by atoms with Gasteiger partial charge in [0, 0.05) is 12.1 Å². The van der Waals surface area contributed by atoms with Gasteiger partial charge in [0.2, 0.25) is 0 Å². The Morgan fingerprint density at radius 2 is 1.86 bits per heavy atom. The summed E-state index contributed by atoms with van der Waals surface area (Å²) in [5.74, 6) is -0.300. The second-order valence-electron chi connectivity index (χ2n) is 4.52. The summed E-state index contributed by atoms with van der Waals surface area (Å²) >= 11 is 0. The number of carbonyl (C=O) groups is 1. The maximum atomic E-state index is 11.1. The molecule has 3 N–H and O–H groups in total. The molecule has 0 aliphatic heterocycles. The molecule has 5 nitrogen and oxygen atoms in total. The molecule has 5 heteroatoms. The van der Waals surface area contributed by atoms with E-state index in [2.05, 4.69) is 5.32 Å². The van der Waals surface area contributed by atoms with Gasteiger partial charge < -0.3 is 14.9 Å². The molecule has 0 saturated carbocycles. The molecular weight excluding hydrogens is 270 g/mol. The average Bonchev–Trinajstić information content (AvgIpc) is 2.53. The zero-order valence-electron chi connectivity index (χ0n) is 11.6. The van der Waals surface area contributed by atoms with E-state index in [1.165, 1.54) is 6.07 Å². The predicted molar refractivity (Wildman–Crippen MR) is 78.2 cm³/mol. The molecule has 0 bridgehead atoms. The summed E-state index contributed by atoms with van der Waals surface area (Å²) in [4.78, 5) is 11.1. The summed E-state index contributed by atoms with van der Waals surface area (Å²) in [5.41, 5.74) is 1.40. The largest absolute Gasteiger partial charge is 0.497 e. The van der Waals surface area contributed by atoms with Crippen molar-refractivity contribution in [1.29, 1.82) is 0 Å². The molecule has 21 heavy (non-hydrogen) atoms. The fourth-order valence-electron chi connectivity index (χ4n) is 2.00. The summed E-state index contributed by atoms with van der Waals surface area (Å²) in [7, 11) is 1.60. The average molecular weight is 287 g/mol. The molecule has 0 fully saturated rings. The molecule has 0 spiro atoms. The van der Waals surface area contributed by atoms with Crippen molar-refractivity contribution in [2.24, 2.45) is 0 Å². The molecule has 0 radical (unpaired) electrons. The van der Waals surface area contributed by atoms with Crippen LogP contribution < -0.4 is 10.1 Å². The molecule has 2 aromatic rings. The van der Waals surface area contributed by atoms with Gasteiger partial charge in [-0.1, -0.05) is 30.3 Å². The van der Waals surface area contributed by atoms with Crippen LogP contribution in [0.3, 0.4) is 0 Å². The van der Waals surface area contributed by atoms with Crippen molar-refractivity contribution < 1.29 is 19.7 Å². The van der Waals surface area contributed by atoms with E-state index in [0.29, 0.717) is 12.1 Å². The van der Waals surface area contributed by atoms with E-state index in [9.17, 15) is 9.90 Å². The Kier molecular flexibility index (Phi) is 4.92. The maximum absolute atomic E-state index is 11.1. The number of aliphatic hydroxyl groups excluding tert-OH is 1. The highest BCUT2D eigenvalue weighted by atomic mass is 16.5. The first-order valence-corrected chi connectivity index (χ1v) is 6.48. The van der Waals surface area contributed by atoms with Gasteiger partial charge in [-0.15, -0.1) is 0 Å². The summed E-state index contributed by atoms with van der Waals surface area (Å²) in [6, 6.07) is 13.8. The van der Waals surface area contributed by atoms with Crippen molar-refractivity contribution in [2.75, 3.05) is 7.11 Å². The zero-order chi connectivity index (χ0) is 15.2. The molecule has 0 aliphatic carbocycles. The van der Waals surface area contributed by atoms with Gasteiger partial charge >= 0.3 is 5.97 Å². The monoisotopic (exact) mass is 287 g/mol. The number of carboxylic acids is 1. The normalized spacial score (nSPS) is 11.9. The SMILES string of the molecule is COc1ccc(CNC(O)c2ccccc2C(=O)O)cc1. The third-order valence-electron chi connectivity index (χ3n) is 3.14. The van der Waals surface area contributed by atoms with Crippen LogP contribution in [0, 0.1) is 0 Å². The van der Waals surface area contributed by atoms with Gasteiger partial charge in [0.15, 0.2) is 0 Å². The lowest BCUT2D eigenvalue weighted by Gasteiger charge is -2.15. The van der Waals surface area contributed by atoms with Crippen molar-refractivity contribution >= 4 is 5.97 Å². The van der Waals surface area contributed by atoms with Crippen molar-refractivity contribution in [3.63, 3.8) is 0 Å². The lowest BCUT2D eigenvalue weighted by Crippen LogP contribution is -2.22. The first-order valence-electron chi connectivity index (χ1n) is 6.48. The Bertz CT molecular complexity index is 610. The van der Waals surface area contributed by atoms with Crippen molar-refractivity contribution in [3.8, 4) is 5.75 Å². The summed E-state index contributed by atoms with van der Waals surface area (Å²) < 4.78 is 5.07. The second-order valence-corrected chi connectivity index (χ2v) is 4.52. The third kappa shape index (κ3) is 3.81. The highest BCUT2D eigenvalue weighted by Gasteiger charge is 2.15. The van der Waals surface area contributed by atoms with Gasteiger partial charge in [0.05, 0.1) is 12.7 Å². The number of hydrogen-bond donors (Lipinski definition) is 3. The van der Waals surface area contributed by atoms with Crippen LogP contribution in [-0.4, -0.2) is 23.3 Å². The van der Waals surface area contributed by atoms with E-state index in [0.717, 1.165) is 11.3 Å². The molecule has 0 saturated heterocycles. The number of nitrogens with one attached hydrogen (secondary N) is 1. The molecular formula is C16H17NO4. The van der Waals surface area contributed by atoms with E-state index in [1.807, 2.05) is 24.3 Å². The third-order valence-corrected chi connectivity index (χ3v) is 3.14. The fraction of sp³-hybridized carbons (Fsp3) is 0.188. The Morgan fingerprint density at radius 1 is 1.19 bits per heavy atom. The lowest BCUT2D eigenvalue weighted by molar-refractivity contribution is 0.0684. The minimum atomic E-state index is -1.06. The van der Waals surface area contributed by atoms with Gasteiger partial charge in [-0.05, 0) is 23.8 Å². The number of carboxylic acid groups (broad SMARTS) is 1. The standard InChI is InChI=1S/C16H17NO4/c1-21-12-8-6-11(7-9-12)10-17-15(18)13-4-2-3-5-14(13)16(19)20/h2-9,15,17-18H,10H2,1H3,(H,19,20). The minimum absolute atomic E-state index is 0.0900. The molecule has 110 valence electrons. The number of benzene rings is 2. The number of rotatable bonds is 6. The first-order chi connectivity index (χ1) is 10.1. The van der Waals surface area contributed by atoms with Crippen molar-refractivity contribution in [3.05, 3.63) is 65.2 Å².